The molecule has 11 rings (SSSR count). The van der Waals surface area contributed by atoms with Crippen LogP contribution < -0.4 is 0 Å². The van der Waals surface area contributed by atoms with E-state index >= 15 is 0 Å². The first-order valence-electron chi connectivity index (χ1n) is 18.5. The third-order valence-electron chi connectivity index (χ3n) is 11.7. The molecule has 0 atom stereocenters. The zero-order valence-electron chi connectivity index (χ0n) is 29.1. The summed E-state index contributed by atoms with van der Waals surface area (Å²) >= 11 is 0. The molecule has 10 aromatic carbocycles. The van der Waals surface area contributed by atoms with Crippen LogP contribution in [0, 0.1) is 0 Å². The summed E-state index contributed by atoms with van der Waals surface area (Å²) in [6.45, 7) is 0. The van der Waals surface area contributed by atoms with Crippen LogP contribution in [0.2, 0.25) is 0 Å². The lowest BCUT2D eigenvalue weighted by Gasteiger charge is -2.35. The fourth-order valence-corrected chi connectivity index (χ4v) is 9.05. The molecular formula is C53H34. The summed E-state index contributed by atoms with van der Waals surface area (Å²) in [4.78, 5) is 0. The Morgan fingerprint density at radius 2 is 0.528 bits per heavy atom. The minimum Gasteiger partial charge on any atom is -0.0616 e. The molecule has 0 spiro atoms. The Balaban J connectivity index is 1.24. The highest BCUT2D eigenvalue weighted by atomic mass is 14.5. The van der Waals surface area contributed by atoms with Gasteiger partial charge in [-0.3, -0.25) is 0 Å². The Morgan fingerprint density at radius 1 is 0.226 bits per heavy atom. The normalized spacial score (nSPS) is 13.1. The monoisotopic (exact) mass is 670 g/mol. The average Bonchev–Trinajstić information content (AvgIpc) is 3.52. The summed E-state index contributed by atoms with van der Waals surface area (Å²) in [5.41, 5.74) is 12.1. The number of hydrogen-bond donors (Lipinski definition) is 0. The van der Waals surface area contributed by atoms with Gasteiger partial charge in [0.25, 0.3) is 0 Å². The van der Waals surface area contributed by atoms with Crippen LogP contribution in [0.15, 0.2) is 206 Å². The molecule has 246 valence electrons. The van der Waals surface area contributed by atoms with Crippen LogP contribution in [-0.4, -0.2) is 0 Å². The van der Waals surface area contributed by atoms with Crippen molar-refractivity contribution in [3.05, 3.63) is 229 Å². The van der Waals surface area contributed by atoms with Crippen molar-refractivity contribution in [1.82, 2.24) is 0 Å². The molecule has 0 aliphatic heterocycles. The summed E-state index contributed by atoms with van der Waals surface area (Å²) in [5.74, 6) is 0. The SMILES string of the molecule is c1ccc2cc(-c3ccc4c(c3)C(c3ccc5ccccc5c3)(c3ccc5ccccc5c3)c3cc(-c5ccc6ccccc6c5)ccc3-4)ccc2c1. The summed E-state index contributed by atoms with van der Waals surface area (Å²) in [7, 11) is 0. The molecule has 0 saturated heterocycles. The molecule has 0 aromatic heterocycles. The van der Waals surface area contributed by atoms with E-state index in [0.717, 1.165) is 0 Å². The van der Waals surface area contributed by atoms with Gasteiger partial charge in [-0.2, -0.15) is 0 Å². The van der Waals surface area contributed by atoms with Gasteiger partial charge in [0, 0.05) is 0 Å². The fraction of sp³-hybridized carbons (Fsp3) is 0.0189. The summed E-state index contributed by atoms with van der Waals surface area (Å²) in [5, 5.41) is 10.0. The van der Waals surface area contributed by atoms with Gasteiger partial charge in [-0.05, 0) is 135 Å². The van der Waals surface area contributed by atoms with Gasteiger partial charge in [-0.25, -0.2) is 0 Å². The number of benzene rings is 10. The Bertz CT molecular complexity index is 2860. The highest BCUT2D eigenvalue weighted by Crippen LogP contribution is 2.58. The second-order valence-corrected chi connectivity index (χ2v) is 14.5. The van der Waals surface area contributed by atoms with Gasteiger partial charge in [0.05, 0.1) is 5.41 Å². The molecule has 0 bridgehead atoms. The molecule has 53 heavy (non-hydrogen) atoms. The fourth-order valence-electron chi connectivity index (χ4n) is 9.05. The summed E-state index contributed by atoms with van der Waals surface area (Å²) < 4.78 is 0. The molecule has 0 amide bonds. The van der Waals surface area contributed by atoms with Crippen LogP contribution >= 0.6 is 0 Å². The molecule has 0 saturated carbocycles. The number of rotatable bonds is 4. The second-order valence-electron chi connectivity index (χ2n) is 14.5. The molecule has 1 aliphatic rings. The standard InChI is InChI=1S/C53H34/c1-5-13-39-29-43(19-17-35(39)9-1)45-23-27-49-50-28-24-46(44-20-18-36-10-2-6-14-40(36)30-44)34-52(50)53(51(49)33-45,47-25-21-37-11-3-7-15-41(37)31-47)48-26-22-38-12-4-8-16-42(38)32-48/h1-34H. The van der Waals surface area contributed by atoms with E-state index in [1.807, 2.05) is 0 Å². The van der Waals surface area contributed by atoms with Crippen molar-refractivity contribution >= 4 is 43.1 Å². The zero-order chi connectivity index (χ0) is 34.9. The van der Waals surface area contributed by atoms with Gasteiger partial charge in [0.1, 0.15) is 0 Å². The first-order valence-corrected chi connectivity index (χ1v) is 18.5. The van der Waals surface area contributed by atoms with E-state index in [1.54, 1.807) is 0 Å². The highest BCUT2D eigenvalue weighted by Gasteiger charge is 2.46. The van der Waals surface area contributed by atoms with Crippen molar-refractivity contribution in [2.75, 3.05) is 0 Å². The molecule has 0 unspecified atom stereocenters. The van der Waals surface area contributed by atoms with Crippen LogP contribution in [0.3, 0.4) is 0 Å². The molecule has 0 radical (unpaired) electrons. The van der Waals surface area contributed by atoms with Gasteiger partial charge in [0.2, 0.25) is 0 Å². The Kier molecular flexibility index (Phi) is 6.57. The van der Waals surface area contributed by atoms with Crippen molar-refractivity contribution in [2.45, 2.75) is 5.41 Å². The van der Waals surface area contributed by atoms with E-state index in [1.165, 1.54) is 98.7 Å². The average molecular weight is 671 g/mol. The van der Waals surface area contributed by atoms with Crippen molar-refractivity contribution in [2.24, 2.45) is 0 Å². The van der Waals surface area contributed by atoms with E-state index < -0.39 is 5.41 Å². The molecule has 0 fully saturated rings. The molecule has 0 heterocycles. The first kappa shape index (κ1) is 29.9. The maximum atomic E-state index is 2.49. The molecule has 0 nitrogen and oxygen atoms in total. The Labute approximate surface area is 309 Å². The van der Waals surface area contributed by atoms with Gasteiger partial charge in [-0.1, -0.05) is 170 Å². The van der Waals surface area contributed by atoms with Crippen molar-refractivity contribution in [3.8, 4) is 33.4 Å². The lowest BCUT2D eigenvalue weighted by molar-refractivity contribution is 0.772. The second kappa shape index (κ2) is 11.6. The quantitative estimate of drug-likeness (QED) is 0.175. The van der Waals surface area contributed by atoms with Crippen molar-refractivity contribution in [1.29, 1.82) is 0 Å². The van der Waals surface area contributed by atoms with Gasteiger partial charge in [-0.15, -0.1) is 0 Å². The minimum absolute atomic E-state index is 0.571. The van der Waals surface area contributed by atoms with Gasteiger partial charge in [0.15, 0.2) is 0 Å². The minimum atomic E-state index is -0.571. The third-order valence-corrected chi connectivity index (χ3v) is 11.7. The number of hydrogen-bond acceptors (Lipinski definition) is 0. The zero-order valence-corrected chi connectivity index (χ0v) is 29.1. The van der Waals surface area contributed by atoms with Crippen molar-refractivity contribution in [3.63, 3.8) is 0 Å². The molecule has 0 heteroatoms. The van der Waals surface area contributed by atoms with E-state index in [9.17, 15) is 0 Å². The maximum absolute atomic E-state index is 2.49. The lowest BCUT2D eigenvalue weighted by atomic mass is 9.66. The van der Waals surface area contributed by atoms with Crippen LogP contribution in [-0.2, 0) is 5.41 Å². The maximum Gasteiger partial charge on any atom is 0.0714 e. The van der Waals surface area contributed by atoms with Crippen LogP contribution in [0.1, 0.15) is 22.3 Å². The molecule has 10 aromatic rings. The van der Waals surface area contributed by atoms with Crippen molar-refractivity contribution < 1.29 is 0 Å². The number of fused-ring (bicyclic) bond motifs is 7. The topological polar surface area (TPSA) is 0 Å². The smallest absolute Gasteiger partial charge is 0.0616 e. The predicted molar refractivity (Wildman–Crippen MR) is 225 cm³/mol. The lowest BCUT2D eigenvalue weighted by Crippen LogP contribution is -2.28. The largest absolute Gasteiger partial charge is 0.0714 e. The van der Waals surface area contributed by atoms with E-state index in [-0.39, 0.29) is 0 Å². The van der Waals surface area contributed by atoms with Gasteiger partial charge >= 0.3 is 0 Å². The third kappa shape index (κ3) is 4.62. The molecule has 0 N–H and O–H groups in total. The van der Waals surface area contributed by atoms with Crippen LogP contribution in [0.4, 0.5) is 0 Å². The van der Waals surface area contributed by atoms with Gasteiger partial charge < -0.3 is 0 Å². The predicted octanol–water partition coefficient (Wildman–Crippen LogP) is 14.0. The van der Waals surface area contributed by atoms with Crippen LogP contribution in [0.25, 0.3) is 76.5 Å². The van der Waals surface area contributed by atoms with E-state index in [2.05, 4.69) is 206 Å². The highest BCUT2D eigenvalue weighted by molar-refractivity contribution is 5.95. The Hall–Kier alpha value is -6.76. The molecular weight excluding hydrogens is 637 g/mol. The van der Waals surface area contributed by atoms with E-state index in [4.69, 9.17) is 0 Å². The first-order chi connectivity index (χ1) is 26.2. The molecule has 1 aliphatic carbocycles. The van der Waals surface area contributed by atoms with E-state index in [0.29, 0.717) is 0 Å². The summed E-state index contributed by atoms with van der Waals surface area (Å²) in [6, 6.07) is 77.1. The Morgan fingerprint density at radius 3 is 0.925 bits per heavy atom. The van der Waals surface area contributed by atoms with Crippen LogP contribution in [0.5, 0.6) is 0 Å². The summed E-state index contributed by atoms with van der Waals surface area (Å²) in [6.07, 6.45) is 0.